The minimum atomic E-state index is -3.88. The van der Waals surface area contributed by atoms with Crippen molar-refractivity contribution in [3.8, 4) is 16.5 Å². The third-order valence-electron chi connectivity index (χ3n) is 10.9. The van der Waals surface area contributed by atoms with Gasteiger partial charge in [0.1, 0.15) is 17.3 Å². The number of hydrogen-bond acceptors (Lipinski definition) is 11. The lowest BCUT2D eigenvalue weighted by atomic mass is 9.85. The highest BCUT2D eigenvalue weighted by Gasteiger charge is 2.62. The van der Waals surface area contributed by atoms with Gasteiger partial charge in [0.05, 0.1) is 44.9 Å². The molecule has 3 aliphatic carbocycles. The fourth-order valence-corrected chi connectivity index (χ4v) is 9.74. The van der Waals surface area contributed by atoms with Crippen LogP contribution in [0.15, 0.2) is 66.3 Å². The van der Waals surface area contributed by atoms with E-state index >= 15 is 0 Å². The number of rotatable bonds is 8. The first kappa shape index (κ1) is 36.0. The summed E-state index contributed by atoms with van der Waals surface area (Å²) in [6.45, 7) is 0. The Kier molecular flexibility index (Phi) is 9.81. The average molecular weight is 772 g/mol. The number of allylic oxidation sites excluding steroid dienone is 1. The van der Waals surface area contributed by atoms with Crippen LogP contribution in [0.25, 0.3) is 21.6 Å². The number of carbonyl (C=O) groups is 4. The third-order valence-corrected chi connectivity index (χ3v) is 13.6. The topological polar surface area (TPSA) is 202 Å². The van der Waals surface area contributed by atoms with E-state index in [0.29, 0.717) is 48.8 Å². The van der Waals surface area contributed by atoms with Crippen molar-refractivity contribution in [2.24, 2.45) is 17.8 Å². The number of nitrogens with zero attached hydrogens (tertiary/aromatic N) is 3. The van der Waals surface area contributed by atoms with E-state index in [0.717, 1.165) is 17.7 Å². The first-order valence-electron chi connectivity index (χ1n) is 18.5. The number of fused-ring (bicyclic) bond motifs is 3. The summed E-state index contributed by atoms with van der Waals surface area (Å²) in [5, 5.41) is 13.6. The van der Waals surface area contributed by atoms with Crippen LogP contribution in [0.4, 0.5) is 0 Å². The standard InChI is InChI=1S/C38H41N7O7S2/c46-33-26-17-24(52-36-32(31-13-8-16-53-31)41-28-10-6-7-11-29(28)43-36)18-27(26)35(48)44-38(37(49)45-54(50,51)25-14-15-25)19-23(38)9-4-2-1-3-5-12-30(33)42-34(47)22-20-39-40-21-22/h4,6-11,13,16,20-21,23-27,30H,1-3,5,12,14-15,17-19H2,(H,39,40)(H,42,47)(H,44,48)(H,45,49)/b9-4-/t23?,24-,26?,27+,30+,38+/m0/s1. The maximum absolute atomic E-state index is 14.6. The number of amides is 3. The van der Waals surface area contributed by atoms with Crippen LogP contribution in [0.5, 0.6) is 5.88 Å². The minimum Gasteiger partial charge on any atom is -0.473 e. The van der Waals surface area contributed by atoms with Crippen molar-refractivity contribution in [2.45, 2.75) is 87.1 Å². The molecule has 4 aromatic rings. The van der Waals surface area contributed by atoms with Crippen LogP contribution in [0.3, 0.4) is 0 Å². The second kappa shape index (κ2) is 14.7. The van der Waals surface area contributed by atoms with E-state index < -0.39 is 68.4 Å². The van der Waals surface area contributed by atoms with E-state index in [1.165, 1.54) is 23.7 Å². The molecule has 4 aliphatic rings. The lowest BCUT2D eigenvalue weighted by Gasteiger charge is -2.26. The largest absolute Gasteiger partial charge is 0.473 e. The lowest BCUT2D eigenvalue weighted by molar-refractivity contribution is -0.136. The second-order valence-corrected chi connectivity index (χ2v) is 17.6. The van der Waals surface area contributed by atoms with Gasteiger partial charge in [0.25, 0.3) is 11.8 Å². The van der Waals surface area contributed by atoms with Gasteiger partial charge in [0.15, 0.2) is 5.78 Å². The van der Waals surface area contributed by atoms with Crippen molar-refractivity contribution in [2.75, 3.05) is 0 Å². The molecule has 1 aromatic carbocycles. The summed E-state index contributed by atoms with van der Waals surface area (Å²) in [6, 6.07) is 10.4. The number of hydrogen-bond donors (Lipinski definition) is 4. The Hall–Kier alpha value is -4.96. The zero-order chi connectivity index (χ0) is 37.5. The number of Topliss-reactive ketones (excluding diaryl/α,β-unsaturated/α-hetero) is 1. The van der Waals surface area contributed by atoms with Gasteiger partial charge in [-0.05, 0) is 74.9 Å². The molecule has 1 aliphatic heterocycles. The zero-order valence-electron chi connectivity index (χ0n) is 29.4. The summed E-state index contributed by atoms with van der Waals surface area (Å²) in [6.07, 6.45) is 10.8. The number of nitrogens with one attached hydrogen (secondary N) is 4. The fourth-order valence-electron chi connectivity index (χ4n) is 7.67. The molecule has 3 saturated carbocycles. The van der Waals surface area contributed by atoms with Crippen molar-refractivity contribution in [1.82, 2.24) is 35.5 Å². The molecule has 6 atom stereocenters. The van der Waals surface area contributed by atoms with Crippen LogP contribution in [-0.2, 0) is 24.4 Å². The monoisotopic (exact) mass is 771 g/mol. The predicted octanol–water partition coefficient (Wildman–Crippen LogP) is 4.23. The summed E-state index contributed by atoms with van der Waals surface area (Å²) in [5.41, 5.74) is 0.649. The number of para-hydroxylation sites is 2. The SMILES string of the molecule is O=C(N[C@@H]1CCCCC/C=C\C2C[C@@]2(C(=O)NS(=O)(=O)C2CC2)NC(=O)[C@@H]2C[C@@H](Oc3nc4ccccc4nc3-c3cccs3)CC2C1=O)c1cn[nH]c1. The van der Waals surface area contributed by atoms with Gasteiger partial charge >= 0.3 is 0 Å². The van der Waals surface area contributed by atoms with Gasteiger partial charge in [-0.15, -0.1) is 11.3 Å². The number of aromatic nitrogens is 4. The van der Waals surface area contributed by atoms with Crippen molar-refractivity contribution < 1.29 is 32.3 Å². The number of aromatic amines is 1. The molecular formula is C38H41N7O7S2. The average Bonchev–Trinajstić information content (AvgIpc) is 3.87. The van der Waals surface area contributed by atoms with Crippen molar-refractivity contribution in [3.63, 3.8) is 0 Å². The van der Waals surface area contributed by atoms with E-state index in [2.05, 4.69) is 25.6 Å². The number of ether oxygens (including phenoxy) is 1. The van der Waals surface area contributed by atoms with E-state index in [4.69, 9.17) is 14.7 Å². The highest BCUT2D eigenvalue weighted by atomic mass is 32.2. The Labute approximate surface area is 316 Å². The van der Waals surface area contributed by atoms with Gasteiger partial charge in [-0.1, -0.05) is 43.2 Å². The fraction of sp³-hybridized carbons (Fsp3) is 0.447. The van der Waals surface area contributed by atoms with Crippen LogP contribution in [0.2, 0.25) is 0 Å². The Bertz CT molecular complexity index is 2200. The number of carbonyl (C=O) groups excluding carboxylic acids is 4. The Balaban J connectivity index is 1.12. The molecule has 0 radical (unpaired) electrons. The quantitative estimate of drug-likeness (QED) is 0.188. The molecule has 3 fully saturated rings. The smallest absolute Gasteiger partial charge is 0.259 e. The van der Waals surface area contributed by atoms with Crippen LogP contribution < -0.4 is 20.1 Å². The summed E-state index contributed by atoms with van der Waals surface area (Å²) in [7, 11) is -3.88. The molecule has 0 spiro atoms. The molecular weight excluding hydrogens is 731 g/mol. The molecule has 54 heavy (non-hydrogen) atoms. The molecule has 4 N–H and O–H groups in total. The van der Waals surface area contributed by atoms with Crippen molar-refractivity contribution >= 4 is 55.9 Å². The Morgan fingerprint density at radius 1 is 0.963 bits per heavy atom. The van der Waals surface area contributed by atoms with Crippen molar-refractivity contribution in [3.05, 3.63) is 71.9 Å². The van der Waals surface area contributed by atoms with Crippen molar-refractivity contribution in [1.29, 1.82) is 0 Å². The molecule has 14 nitrogen and oxygen atoms in total. The highest BCUT2D eigenvalue weighted by molar-refractivity contribution is 7.91. The molecule has 3 aromatic heterocycles. The molecule has 16 heteroatoms. The van der Waals surface area contributed by atoms with E-state index in [1.807, 2.05) is 53.9 Å². The van der Waals surface area contributed by atoms with E-state index in [9.17, 15) is 27.6 Å². The molecule has 3 amide bonds. The molecule has 2 unspecified atom stereocenters. The van der Waals surface area contributed by atoms with Gasteiger partial charge in [0.2, 0.25) is 21.8 Å². The minimum absolute atomic E-state index is 0.113. The first-order valence-corrected chi connectivity index (χ1v) is 20.9. The molecule has 4 heterocycles. The number of benzene rings is 1. The second-order valence-electron chi connectivity index (χ2n) is 14.7. The summed E-state index contributed by atoms with van der Waals surface area (Å²) in [4.78, 5) is 66.6. The zero-order valence-corrected chi connectivity index (χ0v) is 31.0. The predicted molar refractivity (Wildman–Crippen MR) is 200 cm³/mol. The van der Waals surface area contributed by atoms with Crippen LogP contribution >= 0.6 is 11.3 Å². The number of H-pyrrole nitrogens is 1. The third kappa shape index (κ3) is 7.40. The van der Waals surface area contributed by atoms with Gasteiger partial charge in [0, 0.05) is 18.0 Å². The first-order chi connectivity index (χ1) is 26.1. The Morgan fingerprint density at radius 3 is 2.50 bits per heavy atom. The number of thiophene rings is 1. The molecule has 0 saturated heterocycles. The number of ketones is 1. The van der Waals surface area contributed by atoms with Crippen LogP contribution in [-0.4, -0.2) is 75.0 Å². The van der Waals surface area contributed by atoms with E-state index in [1.54, 1.807) is 0 Å². The van der Waals surface area contributed by atoms with Gasteiger partial charge in [-0.2, -0.15) is 5.10 Å². The molecule has 0 bridgehead atoms. The maximum Gasteiger partial charge on any atom is 0.259 e. The normalized spacial score (nSPS) is 28.1. The maximum atomic E-state index is 14.6. The summed E-state index contributed by atoms with van der Waals surface area (Å²) < 4.78 is 34.6. The summed E-state index contributed by atoms with van der Waals surface area (Å²) in [5.74, 6) is -4.07. The van der Waals surface area contributed by atoms with Crippen LogP contribution in [0, 0.1) is 17.8 Å². The highest BCUT2D eigenvalue weighted by Crippen LogP contribution is 2.47. The van der Waals surface area contributed by atoms with Gasteiger partial charge in [-0.3, -0.25) is 29.0 Å². The molecule has 282 valence electrons. The summed E-state index contributed by atoms with van der Waals surface area (Å²) >= 11 is 1.48. The van der Waals surface area contributed by atoms with Gasteiger partial charge < -0.3 is 15.4 Å². The Morgan fingerprint density at radius 2 is 1.76 bits per heavy atom. The number of sulfonamides is 1. The van der Waals surface area contributed by atoms with Crippen LogP contribution in [0.1, 0.15) is 74.6 Å². The van der Waals surface area contributed by atoms with Gasteiger partial charge in [-0.25, -0.2) is 18.4 Å². The lowest BCUT2D eigenvalue weighted by Crippen LogP contribution is -2.54. The molecule has 8 rings (SSSR count). The van der Waals surface area contributed by atoms with E-state index in [-0.39, 0.29) is 36.5 Å².